The Balaban J connectivity index is 2.24. The van der Waals surface area contributed by atoms with E-state index in [0.29, 0.717) is 19.1 Å². The number of piperidine rings is 1. The van der Waals surface area contributed by atoms with Gasteiger partial charge < -0.3 is 15.4 Å². The van der Waals surface area contributed by atoms with E-state index < -0.39 is 0 Å². The van der Waals surface area contributed by atoms with Gasteiger partial charge in [0.05, 0.1) is 0 Å². The average molecular weight is 242 g/mol. The second-order valence-electron chi connectivity index (χ2n) is 5.18. The van der Waals surface area contributed by atoms with Crippen molar-refractivity contribution in [1.82, 2.24) is 10.6 Å². The van der Waals surface area contributed by atoms with Crippen LogP contribution in [0.25, 0.3) is 0 Å². The zero-order valence-corrected chi connectivity index (χ0v) is 11.3. The molecule has 1 aliphatic heterocycles. The summed E-state index contributed by atoms with van der Waals surface area (Å²) in [5.41, 5.74) is 0. The highest BCUT2D eigenvalue weighted by atomic mass is 16.5. The van der Waals surface area contributed by atoms with E-state index in [1.807, 2.05) is 6.92 Å². The van der Waals surface area contributed by atoms with E-state index in [2.05, 4.69) is 17.6 Å². The molecule has 0 aromatic carbocycles. The van der Waals surface area contributed by atoms with Crippen LogP contribution in [0.5, 0.6) is 0 Å². The minimum absolute atomic E-state index is 0.134. The van der Waals surface area contributed by atoms with Crippen molar-refractivity contribution >= 4 is 5.91 Å². The van der Waals surface area contributed by atoms with Crippen LogP contribution in [0.3, 0.4) is 0 Å². The zero-order chi connectivity index (χ0) is 12.7. The Bertz CT molecular complexity index is 227. The lowest BCUT2D eigenvalue weighted by molar-refractivity contribution is -0.123. The molecule has 0 aliphatic carbocycles. The van der Waals surface area contributed by atoms with Crippen LogP contribution < -0.4 is 10.6 Å². The van der Waals surface area contributed by atoms with Gasteiger partial charge in [-0.2, -0.15) is 0 Å². The van der Waals surface area contributed by atoms with Crippen LogP contribution in [-0.2, 0) is 9.53 Å². The SMILES string of the molecule is COCC(C)CC(=O)NC(C)C1CCCCN1. The number of carbonyl (C=O) groups is 1. The van der Waals surface area contributed by atoms with Gasteiger partial charge in [0.15, 0.2) is 0 Å². The third-order valence-corrected chi connectivity index (χ3v) is 3.33. The molecule has 0 bridgehead atoms. The van der Waals surface area contributed by atoms with E-state index in [9.17, 15) is 4.79 Å². The van der Waals surface area contributed by atoms with Crippen LogP contribution in [0.1, 0.15) is 39.5 Å². The van der Waals surface area contributed by atoms with Gasteiger partial charge in [0, 0.05) is 32.2 Å². The van der Waals surface area contributed by atoms with Gasteiger partial charge in [-0.15, -0.1) is 0 Å². The Morgan fingerprint density at radius 2 is 2.24 bits per heavy atom. The van der Waals surface area contributed by atoms with Crippen molar-refractivity contribution in [3.63, 3.8) is 0 Å². The van der Waals surface area contributed by atoms with Gasteiger partial charge >= 0.3 is 0 Å². The van der Waals surface area contributed by atoms with Gasteiger partial charge in [-0.05, 0) is 32.2 Å². The molecule has 0 saturated carbocycles. The first-order chi connectivity index (χ1) is 8.13. The van der Waals surface area contributed by atoms with Crippen molar-refractivity contribution in [2.45, 2.75) is 51.6 Å². The summed E-state index contributed by atoms with van der Waals surface area (Å²) in [5, 5.41) is 6.55. The molecule has 3 unspecified atom stereocenters. The van der Waals surface area contributed by atoms with Crippen molar-refractivity contribution in [2.24, 2.45) is 5.92 Å². The standard InChI is InChI=1S/C13H26N2O2/c1-10(9-17-3)8-13(16)15-11(2)12-6-4-5-7-14-12/h10-12,14H,4-9H2,1-3H3,(H,15,16). The van der Waals surface area contributed by atoms with Crippen LogP contribution >= 0.6 is 0 Å². The lowest BCUT2D eigenvalue weighted by Gasteiger charge is -2.29. The molecular weight excluding hydrogens is 216 g/mol. The highest BCUT2D eigenvalue weighted by Gasteiger charge is 2.21. The summed E-state index contributed by atoms with van der Waals surface area (Å²) in [7, 11) is 1.67. The fourth-order valence-corrected chi connectivity index (χ4v) is 2.38. The summed E-state index contributed by atoms with van der Waals surface area (Å²) in [6.45, 7) is 5.84. The number of amides is 1. The molecule has 1 heterocycles. The predicted octanol–water partition coefficient (Wildman–Crippen LogP) is 1.31. The van der Waals surface area contributed by atoms with Gasteiger partial charge in [0.25, 0.3) is 0 Å². The van der Waals surface area contributed by atoms with Crippen molar-refractivity contribution in [1.29, 1.82) is 0 Å². The maximum absolute atomic E-state index is 11.8. The van der Waals surface area contributed by atoms with Crippen LogP contribution in [0.15, 0.2) is 0 Å². The zero-order valence-electron chi connectivity index (χ0n) is 11.3. The summed E-state index contributed by atoms with van der Waals surface area (Å²) in [4.78, 5) is 11.8. The summed E-state index contributed by atoms with van der Waals surface area (Å²) < 4.78 is 5.03. The van der Waals surface area contributed by atoms with Crippen molar-refractivity contribution in [2.75, 3.05) is 20.3 Å². The molecule has 17 heavy (non-hydrogen) atoms. The van der Waals surface area contributed by atoms with Gasteiger partial charge in [-0.1, -0.05) is 13.3 Å². The molecule has 0 radical (unpaired) electrons. The fourth-order valence-electron chi connectivity index (χ4n) is 2.38. The number of methoxy groups -OCH3 is 1. The fraction of sp³-hybridized carbons (Fsp3) is 0.923. The third-order valence-electron chi connectivity index (χ3n) is 3.33. The Morgan fingerprint density at radius 3 is 2.82 bits per heavy atom. The summed E-state index contributed by atoms with van der Waals surface area (Å²) in [6.07, 6.45) is 4.22. The summed E-state index contributed by atoms with van der Waals surface area (Å²) in [6, 6.07) is 0.656. The number of nitrogens with one attached hydrogen (secondary N) is 2. The predicted molar refractivity (Wildman–Crippen MR) is 68.9 cm³/mol. The lowest BCUT2D eigenvalue weighted by Crippen LogP contribution is -2.50. The highest BCUT2D eigenvalue weighted by Crippen LogP contribution is 2.11. The second-order valence-corrected chi connectivity index (χ2v) is 5.18. The van der Waals surface area contributed by atoms with Crippen LogP contribution in [0, 0.1) is 5.92 Å². The van der Waals surface area contributed by atoms with Gasteiger partial charge in [0.1, 0.15) is 0 Å². The molecule has 100 valence electrons. The second kappa shape index (κ2) is 7.67. The highest BCUT2D eigenvalue weighted by molar-refractivity contribution is 5.76. The number of ether oxygens (including phenoxy) is 1. The van der Waals surface area contributed by atoms with Crippen LogP contribution in [-0.4, -0.2) is 38.3 Å². The number of carbonyl (C=O) groups excluding carboxylic acids is 1. The number of hydrogen-bond donors (Lipinski definition) is 2. The minimum atomic E-state index is 0.134. The van der Waals surface area contributed by atoms with Crippen molar-refractivity contribution < 1.29 is 9.53 Å². The Kier molecular flexibility index (Phi) is 6.52. The molecule has 1 aliphatic rings. The molecule has 1 amide bonds. The third kappa shape index (κ3) is 5.50. The largest absolute Gasteiger partial charge is 0.384 e. The Morgan fingerprint density at radius 1 is 1.47 bits per heavy atom. The van der Waals surface area contributed by atoms with E-state index >= 15 is 0 Å². The summed E-state index contributed by atoms with van der Waals surface area (Å²) >= 11 is 0. The normalized spacial score (nSPS) is 24.1. The molecule has 4 heteroatoms. The van der Waals surface area contributed by atoms with Crippen LogP contribution in [0.2, 0.25) is 0 Å². The lowest BCUT2D eigenvalue weighted by atomic mass is 9.98. The first kappa shape index (κ1) is 14.5. The molecule has 1 saturated heterocycles. The van der Waals surface area contributed by atoms with E-state index in [1.165, 1.54) is 12.8 Å². The Hall–Kier alpha value is -0.610. The first-order valence-electron chi connectivity index (χ1n) is 6.65. The van der Waals surface area contributed by atoms with Gasteiger partial charge in [0.2, 0.25) is 5.91 Å². The van der Waals surface area contributed by atoms with E-state index in [4.69, 9.17) is 4.74 Å². The maximum atomic E-state index is 11.8. The van der Waals surface area contributed by atoms with E-state index in [1.54, 1.807) is 7.11 Å². The molecule has 2 N–H and O–H groups in total. The van der Waals surface area contributed by atoms with Crippen LogP contribution in [0.4, 0.5) is 0 Å². The number of hydrogen-bond acceptors (Lipinski definition) is 3. The number of rotatable bonds is 6. The topological polar surface area (TPSA) is 50.4 Å². The molecule has 4 nitrogen and oxygen atoms in total. The Labute approximate surface area is 104 Å². The van der Waals surface area contributed by atoms with Gasteiger partial charge in [-0.3, -0.25) is 4.79 Å². The van der Waals surface area contributed by atoms with Gasteiger partial charge in [-0.25, -0.2) is 0 Å². The van der Waals surface area contributed by atoms with E-state index in [-0.39, 0.29) is 17.9 Å². The molecule has 1 fully saturated rings. The maximum Gasteiger partial charge on any atom is 0.220 e. The molecule has 0 aromatic rings. The molecule has 3 atom stereocenters. The smallest absolute Gasteiger partial charge is 0.220 e. The summed E-state index contributed by atoms with van der Waals surface area (Å²) in [5.74, 6) is 0.418. The average Bonchev–Trinajstić information content (AvgIpc) is 2.30. The molecular formula is C13H26N2O2. The first-order valence-corrected chi connectivity index (χ1v) is 6.65. The minimum Gasteiger partial charge on any atom is -0.384 e. The quantitative estimate of drug-likeness (QED) is 0.738. The van der Waals surface area contributed by atoms with Crippen molar-refractivity contribution in [3.05, 3.63) is 0 Å². The molecule has 0 aromatic heterocycles. The molecule has 0 spiro atoms. The monoisotopic (exact) mass is 242 g/mol. The van der Waals surface area contributed by atoms with E-state index in [0.717, 1.165) is 13.0 Å². The van der Waals surface area contributed by atoms with Crippen molar-refractivity contribution in [3.8, 4) is 0 Å². The molecule has 1 rings (SSSR count).